The highest BCUT2D eigenvalue weighted by Crippen LogP contribution is 2.29. The number of aryl methyl sites for hydroxylation is 1. The maximum atomic E-state index is 12.9. The molecule has 3 aromatic rings. The number of hydrogen-bond acceptors (Lipinski definition) is 6. The van der Waals surface area contributed by atoms with E-state index in [9.17, 15) is 18.0 Å². The zero-order valence-electron chi connectivity index (χ0n) is 17.9. The first kappa shape index (κ1) is 24.5. The molecule has 0 saturated carbocycles. The van der Waals surface area contributed by atoms with E-state index in [2.05, 4.69) is 25.6 Å². The van der Waals surface area contributed by atoms with E-state index in [0.717, 1.165) is 27.0 Å². The van der Waals surface area contributed by atoms with Crippen LogP contribution in [0.15, 0.2) is 36.7 Å². The highest BCUT2D eigenvalue weighted by Gasteiger charge is 2.44. The molecule has 1 atom stereocenters. The van der Waals surface area contributed by atoms with E-state index in [-0.39, 0.29) is 26.6 Å². The van der Waals surface area contributed by atoms with Crippen molar-refractivity contribution in [2.75, 3.05) is 37.4 Å². The first-order valence-electron chi connectivity index (χ1n) is 9.90. The lowest BCUT2D eigenvalue weighted by atomic mass is 10.0. The van der Waals surface area contributed by atoms with Crippen molar-refractivity contribution >= 4 is 42.2 Å². The number of rotatable bonds is 3. The van der Waals surface area contributed by atoms with Gasteiger partial charge < -0.3 is 20.3 Å². The molecule has 3 heterocycles. The van der Waals surface area contributed by atoms with E-state index in [1.807, 2.05) is 19.1 Å². The number of benzene rings is 1. The van der Waals surface area contributed by atoms with E-state index >= 15 is 0 Å². The third-order valence-electron chi connectivity index (χ3n) is 5.18. The third kappa shape index (κ3) is 5.45. The van der Waals surface area contributed by atoms with Crippen LogP contribution < -0.4 is 10.6 Å². The van der Waals surface area contributed by atoms with Crippen molar-refractivity contribution in [1.82, 2.24) is 19.9 Å². The molecule has 1 aliphatic rings. The number of halogens is 3. The van der Waals surface area contributed by atoms with Crippen LogP contribution in [-0.2, 0) is 4.74 Å². The number of amides is 2. The van der Waals surface area contributed by atoms with Crippen molar-refractivity contribution in [3.63, 3.8) is 0 Å². The molecule has 0 spiro atoms. The molecule has 1 fully saturated rings. The van der Waals surface area contributed by atoms with Gasteiger partial charge >= 0.3 is 12.2 Å². The molecule has 0 radical (unpaired) electrons. The topological polar surface area (TPSA) is 92.3 Å². The van der Waals surface area contributed by atoms with Crippen molar-refractivity contribution in [2.24, 2.45) is 0 Å². The Morgan fingerprint density at radius 2 is 2.00 bits per heavy atom. The average molecular weight is 481 g/mol. The van der Waals surface area contributed by atoms with E-state index < -0.39 is 24.9 Å². The van der Waals surface area contributed by atoms with Gasteiger partial charge in [0, 0.05) is 42.6 Å². The second kappa shape index (κ2) is 9.79. The molecule has 4 rings (SSSR count). The molecule has 8 nitrogen and oxygen atoms in total. The maximum Gasteiger partial charge on any atom is 0.416 e. The van der Waals surface area contributed by atoms with Gasteiger partial charge in [-0.25, -0.2) is 14.8 Å². The number of hydrogen-bond donors (Lipinski definition) is 2. The van der Waals surface area contributed by atoms with Crippen molar-refractivity contribution in [3.05, 3.63) is 42.2 Å². The van der Waals surface area contributed by atoms with Crippen LogP contribution in [0.3, 0.4) is 0 Å². The highest BCUT2D eigenvalue weighted by atomic mass is 32.1. The molecule has 2 aromatic heterocycles. The summed E-state index contributed by atoms with van der Waals surface area (Å²) in [6.45, 7) is 1.29. The van der Waals surface area contributed by atoms with Gasteiger partial charge in [0.05, 0.1) is 13.2 Å². The van der Waals surface area contributed by atoms with Crippen LogP contribution in [0.2, 0.25) is 0 Å². The second-order valence-corrected chi connectivity index (χ2v) is 7.39. The Labute approximate surface area is 195 Å². The van der Waals surface area contributed by atoms with Gasteiger partial charge in [0.1, 0.15) is 0 Å². The third-order valence-corrected chi connectivity index (χ3v) is 5.18. The normalized spacial score (nSPS) is 16.3. The number of pyridine rings is 1. The molecule has 1 aromatic carbocycles. The lowest BCUT2D eigenvalue weighted by molar-refractivity contribution is -0.233. The summed E-state index contributed by atoms with van der Waals surface area (Å²) in [5.74, 6) is 0.467. The van der Waals surface area contributed by atoms with Gasteiger partial charge in [-0.1, -0.05) is 6.07 Å². The molecule has 176 valence electrons. The SMILES string of the molecule is CNc1ncc2cc(-c3cc(NC(=O)N4CCO[C@H](C(F)(F)F)C4)ccc3C)cnc2n1.S. The van der Waals surface area contributed by atoms with Crippen LogP contribution in [0.4, 0.5) is 29.6 Å². The van der Waals surface area contributed by atoms with Crippen molar-refractivity contribution in [1.29, 1.82) is 0 Å². The van der Waals surface area contributed by atoms with E-state index in [1.165, 1.54) is 0 Å². The largest absolute Gasteiger partial charge is 0.416 e. The first-order chi connectivity index (χ1) is 15.2. The zero-order valence-corrected chi connectivity index (χ0v) is 18.9. The first-order valence-corrected chi connectivity index (χ1v) is 9.90. The minimum absolute atomic E-state index is 0. The van der Waals surface area contributed by atoms with Crippen molar-refractivity contribution < 1.29 is 22.7 Å². The maximum absolute atomic E-state index is 12.9. The van der Waals surface area contributed by atoms with Crippen LogP contribution in [0.1, 0.15) is 5.56 Å². The number of alkyl halides is 3. The fraction of sp³-hybridized carbons (Fsp3) is 0.333. The smallest absolute Gasteiger partial charge is 0.365 e. The number of anilines is 2. The molecule has 33 heavy (non-hydrogen) atoms. The van der Waals surface area contributed by atoms with E-state index in [0.29, 0.717) is 17.3 Å². The van der Waals surface area contributed by atoms with Crippen LogP contribution in [-0.4, -0.2) is 64.9 Å². The highest BCUT2D eigenvalue weighted by molar-refractivity contribution is 7.59. The Balaban J connectivity index is 0.00000306. The lowest BCUT2D eigenvalue weighted by Gasteiger charge is -2.33. The second-order valence-electron chi connectivity index (χ2n) is 7.39. The molecular formula is C21H23F3N6O2S. The molecule has 1 aliphatic heterocycles. The zero-order chi connectivity index (χ0) is 22.9. The molecule has 0 bridgehead atoms. The van der Waals surface area contributed by atoms with Gasteiger partial charge in [0.25, 0.3) is 0 Å². The number of morpholine rings is 1. The number of nitrogens with zero attached hydrogens (tertiary/aromatic N) is 4. The number of carbonyl (C=O) groups excluding carboxylic acids is 1. The minimum atomic E-state index is -4.52. The number of nitrogens with one attached hydrogen (secondary N) is 2. The Morgan fingerprint density at radius 3 is 2.73 bits per heavy atom. The number of carbonyl (C=O) groups is 1. The van der Waals surface area contributed by atoms with Crippen molar-refractivity contribution in [3.8, 4) is 11.1 Å². The van der Waals surface area contributed by atoms with Gasteiger partial charge in [-0.05, 0) is 36.2 Å². The predicted molar refractivity (Wildman–Crippen MR) is 124 cm³/mol. The minimum Gasteiger partial charge on any atom is -0.365 e. The van der Waals surface area contributed by atoms with E-state index in [1.54, 1.807) is 31.6 Å². The molecular weight excluding hydrogens is 457 g/mol. The fourth-order valence-electron chi connectivity index (χ4n) is 3.44. The lowest BCUT2D eigenvalue weighted by Crippen LogP contribution is -2.52. The van der Waals surface area contributed by atoms with E-state index in [4.69, 9.17) is 4.74 Å². The molecule has 0 aliphatic carbocycles. The molecule has 2 amide bonds. The van der Waals surface area contributed by atoms with Crippen LogP contribution in [0.25, 0.3) is 22.2 Å². The number of ether oxygens (including phenoxy) is 1. The Hall–Kier alpha value is -3.12. The Morgan fingerprint density at radius 1 is 1.21 bits per heavy atom. The summed E-state index contributed by atoms with van der Waals surface area (Å²) in [6, 6.07) is 6.58. The summed E-state index contributed by atoms with van der Waals surface area (Å²) < 4.78 is 43.6. The average Bonchev–Trinajstić information content (AvgIpc) is 2.79. The van der Waals surface area contributed by atoms with Gasteiger partial charge in [-0.2, -0.15) is 31.7 Å². The fourth-order valence-corrected chi connectivity index (χ4v) is 3.44. The Bertz CT molecular complexity index is 1160. The summed E-state index contributed by atoms with van der Waals surface area (Å²) in [5.41, 5.74) is 3.58. The van der Waals surface area contributed by atoms with Gasteiger partial charge in [-0.3, -0.25) is 0 Å². The van der Waals surface area contributed by atoms with Gasteiger partial charge in [0.2, 0.25) is 5.95 Å². The monoisotopic (exact) mass is 480 g/mol. The number of fused-ring (bicyclic) bond motifs is 1. The quantitative estimate of drug-likeness (QED) is 0.590. The molecule has 0 unspecified atom stereocenters. The van der Waals surface area contributed by atoms with Gasteiger partial charge in [-0.15, -0.1) is 0 Å². The summed E-state index contributed by atoms with van der Waals surface area (Å²) in [7, 11) is 1.72. The standard InChI is InChI=1S/C21H21F3N6O2.H2S/c1-12-3-4-15(28-20(31)30-5-6-32-17(11-30)21(22,23)24)8-16(12)13-7-14-10-27-19(25-2)29-18(14)26-9-13;/h3-4,7-10,17H,5-6,11H2,1-2H3,(H,28,31)(H,25,26,27,29);1H2/t17-;/m0./s1. The van der Waals surface area contributed by atoms with Crippen molar-refractivity contribution in [2.45, 2.75) is 19.2 Å². The molecule has 1 saturated heterocycles. The molecule has 2 N–H and O–H groups in total. The molecule has 12 heteroatoms. The summed E-state index contributed by atoms with van der Waals surface area (Å²) in [4.78, 5) is 26.6. The van der Waals surface area contributed by atoms with Crippen LogP contribution in [0, 0.1) is 6.92 Å². The number of urea groups is 1. The predicted octanol–water partition coefficient (Wildman–Crippen LogP) is 3.95. The summed E-state index contributed by atoms with van der Waals surface area (Å²) in [5, 5.41) is 6.30. The van der Waals surface area contributed by atoms with Crippen LogP contribution >= 0.6 is 13.5 Å². The summed E-state index contributed by atoms with van der Waals surface area (Å²) in [6.07, 6.45) is -3.15. The Kier molecular flexibility index (Phi) is 7.28. The number of aromatic nitrogens is 3. The van der Waals surface area contributed by atoms with Crippen LogP contribution in [0.5, 0.6) is 0 Å². The summed E-state index contributed by atoms with van der Waals surface area (Å²) >= 11 is 0. The van der Waals surface area contributed by atoms with Gasteiger partial charge in [0.15, 0.2) is 11.8 Å².